The largest absolute Gasteiger partial charge is 0.412 e. The average Bonchev–Trinajstić information content (AvgIpc) is 2.59. The molecule has 134 valence electrons. The zero-order valence-corrected chi connectivity index (χ0v) is 14.1. The molecular weight excluding hydrogens is 367 g/mol. The van der Waals surface area contributed by atoms with Crippen LogP contribution in [0.3, 0.4) is 0 Å². The molecule has 0 aliphatic carbocycles. The Bertz CT molecular complexity index is 963. The predicted molar refractivity (Wildman–Crippen MR) is 92.4 cm³/mol. The minimum absolute atomic E-state index is 0.00498. The van der Waals surface area contributed by atoms with Crippen LogP contribution in [-0.4, -0.2) is 22.1 Å². The van der Waals surface area contributed by atoms with Gasteiger partial charge in [0.15, 0.2) is 4.87 Å². The van der Waals surface area contributed by atoms with Gasteiger partial charge in [-0.15, -0.1) is 11.6 Å². The van der Waals surface area contributed by atoms with E-state index in [-0.39, 0.29) is 11.3 Å². The Kier molecular flexibility index (Phi) is 4.58. The van der Waals surface area contributed by atoms with Crippen LogP contribution in [-0.2, 0) is 9.67 Å². The van der Waals surface area contributed by atoms with E-state index in [9.17, 15) is 18.0 Å². The van der Waals surface area contributed by atoms with Crippen molar-refractivity contribution in [3.05, 3.63) is 60.4 Å². The summed E-state index contributed by atoms with van der Waals surface area (Å²) in [5.74, 6) is -1.16. The maximum atomic E-state index is 13.9. The lowest BCUT2D eigenvalue weighted by atomic mass is 9.89. The third kappa shape index (κ3) is 3.22. The van der Waals surface area contributed by atoms with Crippen LogP contribution in [0.5, 0.6) is 0 Å². The van der Waals surface area contributed by atoms with Gasteiger partial charge in [-0.05, 0) is 24.3 Å². The summed E-state index contributed by atoms with van der Waals surface area (Å²) in [4.78, 5) is 16.6. The molecule has 0 unspecified atom stereocenters. The Morgan fingerprint density at radius 1 is 1.15 bits per heavy atom. The van der Waals surface area contributed by atoms with Crippen molar-refractivity contribution in [2.75, 3.05) is 0 Å². The number of primary amides is 1. The van der Waals surface area contributed by atoms with E-state index in [0.29, 0.717) is 16.5 Å². The molecule has 2 heterocycles. The van der Waals surface area contributed by atoms with Crippen molar-refractivity contribution >= 4 is 28.4 Å². The van der Waals surface area contributed by atoms with Crippen molar-refractivity contribution in [1.29, 1.82) is 0 Å². The van der Waals surface area contributed by atoms with E-state index in [1.165, 1.54) is 18.5 Å². The van der Waals surface area contributed by atoms with Gasteiger partial charge in [0.1, 0.15) is 0 Å². The second-order valence-electron chi connectivity index (χ2n) is 5.76. The highest BCUT2D eigenvalue weighted by Gasteiger charge is 2.57. The second-order valence-corrected chi connectivity index (χ2v) is 6.41. The van der Waals surface area contributed by atoms with Gasteiger partial charge in [0.25, 0.3) is 0 Å². The molecule has 2 N–H and O–H groups in total. The lowest BCUT2D eigenvalue weighted by molar-refractivity contribution is -0.169. The fourth-order valence-corrected chi connectivity index (χ4v) is 3.00. The van der Waals surface area contributed by atoms with Gasteiger partial charge in [-0.1, -0.05) is 18.2 Å². The Hall–Kier alpha value is -2.67. The van der Waals surface area contributed by atoms with Crippen molar-refractivity contribution in [3.63, 3.8) is 0 Å². The number of hydrogen-bond donors (Lipinski definition) is 1. The molecule has 3 aromatic rings. The van der Waals surface area contributed by atoms with Crippen LogP contribution in [0.25, 0.3) is 22.2 Å². The quantitative estimate of drug-likeness (QED) is 0.692. The van der Waals surface area contributed by atoms with Crippen molar-refractivity contribution < 1.29 is 18.0 Å². The number of halogens is 4. The summed E-state index contributed by atoms with van der Waals surface area (Å²) in [7, 11) is 0. The van der Waals surface area contributed by atoms with Crippen LogP contribution < -0.4 is 5.73 Å². The molecule has 0 saturated carbocycles. The fourth-order valence-electron chi connectivity index (χ4n) is 2.73. The summed E-state index contributed by atoms with van der Waals surface area (Å²) in [6.07, 6.45) is -3.15. The molecule has 0 spiro atoms. The van der Waals surface area contributed by atoms with Gasteiger partial charge in [-0.2, -0.15) is 13.2 Å². The summed E-state index contributed by atoms with van der Waals surface area (Å²) < 4.78 is 41.6. The van der Waals surface area contributed by atoms with Gasteiger partial charge in [-0.3, -0.25) is 9.78 Å². The molecule has 1 atom stereocenters. The Labute approximate surface area is 151 Å². The monoisotopic (exact) mass is 379 g/mol. The number of alkyl halides is 4. The molecule has 2 aromatic heterocycles. The Morgan fingerprint density at radius 3 is 2.50 bits per heavy atom. The highest BCUT2D eigenvalue weighted by molar-refractivity contribution is 6.26. The lowest BCUT2D eigenvalue weighted by Crippen LogP contribution is -2.41. The molecule has 0 bridgehead atoms. The number of nitrogens with zero attached hydrogens (tertiary/aromatic N) is 2. The molecule has 1 aromatic carbocycles. The topological polar surface area (TPSA) is 68.9 Å². The van der Waals surface area contributed by atoms with E-state index >= 15 is 0 Å². The van der Waals surface area contributed by atoms with Gasteiger partial charge in [-0.25, -0.2) is 4.98 Å². The number of para-hydroxylation sites is 1. The number of fused-ring (bicyclic) bond motifs is 1. The summed E-state index contributed by atoms with van der Waals surface area (Å²) in [5.41, 5.74) is 5.58. The van der Waals surface area contributed by atoms with Crippen LogP contribution in [0, 0.1) is 0 Å². The van der Waals surface area contributed by atoms with Crippen molar-refractivity contribution in [2.45, 2.75) is 17.5 Å². The van der Waals surface area contributed by atoms with Gasteiger partial charge in [0.05, 0.1) is 17.6 Å². The van der Waals surface area contributed by atoms with Gasteiger partial charge < -0.3 is 5.73 Å². The van der Waals surface area contributed by atoms with E-state index in [4.69, 9.17) is 17.3 Å². The first-order valence-electron chi connectivity index (χ1n) is 7.57. The van der Waals surface area contributed by atoms with Crippen molar-refractivity contribution in [2.24, 2.45) is 5.73 Å². The molecule has 26 heavy (non-hydrogen) atoms. The normalized spacial score (nSPS) is 14.2. The predicted octanol–water partition coefficient (Wildman–Crippen LogP) is 4.17. The molecule has 1 amide bonds. The van der Waals surface area contributed by atoms with Crippen LogP contribution in [0.4, 0.5) is 13.2 Å². The summed E-state index contributed by atoms with van der Waals surface area (Å²) in [6.45, 7) is 0. The van der Waals surface area contributed by atoms with E-state index in [2.05, 4.69) is 9.97 Å². The number of benzene rings is 1. The minimum Gasteiger partial charge on any atom is -0.370 e. The van der Waals surface area contributed by atoms with Gasteiger partial charge >= 0.3 is 6.18 Å². The first-order valence-corrected chi connectivity index (χ1v) is 7.95. The molecular formula is C18H13ClF3N3O. The molecule has 4 nitrogen and oxygen atoms in total. The van der Waals surface area contributed by atoms with Crippen LogP contribution in [0.2, 0.25) is 0 Å². The number of rotatable bonds is 4. The minimum atomic E-state index is -4.93. The smallest absolute Gasteiger partial charge is 0.370 e. The number of nitrogens with two attached hydrogens (primary N) is 1. The third-order valence-electron chi connectivity index (χ3n) is 3.95. The summed E-state index contributed by atoms with van der Waals surface area (Å²) in [6, 6.07) is 11.2. The number of aromatic nitrogens is 2. The lowest BCUT2D eigenvalue weighted by Gasteiger charge is -2.30. The highest BCUT2D eigenvalue weighted by atomic mass is 35.5. The zero-order valence-electron chi connectivity index (χ0n) is 13.3. The van der Waals surface area contributed by atoms with Gasteiger partial charge in [0.2, 0.25) is 5.91 Å². The molecule has 3 rings (SSSR count). The zero-order chi connectivity index (χ0) is 18.9. The number of carbonyl (C=O) groups excluding carboxylic acids is 1. The average molecular weight is 380 g/mol. The molecule has 8 heteroatoms. The molecule has 0 radical (unpaired) electrons. The summed E-state index contributed by atoms with van der Waals surface area (Å²) >= 11 is 6.00. The molecule has 0 aliphatic rings. The van der Waals surface area contributed by atoms with E-state index in [0.717, 1.165) is 0 Å². The number of amides is 1. The SMILES string of the molecule is NC(=O)C[C@@](Cl)(c1cc2ccccc2nc1-c1cccnc1)C(F)(F)F. The standard InChI is InChI=1S/C18H13ClF3N3O/c19-17(9-15(23)26,18(20,21)22)13-8-11-4-1-2-6-14(11)25-16(13)12-5-3-7-24-10-12/h1-8,10H,9H2,(H2,23,26)/t17-/m1/s1. The van der Waals surface area contributed by atoms with Gasteiger partial charge in [0, 0.05) is 28.9 Å². The fraction of sp³-hybridized carbons (Fsp3) is 0.167. The maximum Gasteiger partial charge on any atom is 0.412 e. The summed E-state index contributed by atoms with van der Waals surface area (Å²) in [5, 5.41) is 0.467. The molecule has 0 aliphatic heterocycles. The van der Waals surface area contributed by atoms with Crippen molar-refractivity contribution in [3.8, 4) is 11.3 Å². The Balaban J connectivity index is 2.37. The van der Waals surface area contributed by atoms with Crippen molar-refractivity contribution in [1.82, 2.24) is 9.97 Å². The first kappa shape index (κ1) is 18.1. The molecule has 0 fully saturated rings. The highest BCUT2D eigenvalue weighted by Crippen LogP contribution is 2.50. The van der Waals surface area contributed by atoms with E-state index < -0.39 is 23.4 Å². The number of pyridine rings is 2. The van der Waals surface area contributed by atoms with Crippen LogP contribution in [0.1, 0.15) is 12.0 Å². The second kappa shape index (κ2) is 6.57. The number of hydrogen-bond acceptors (Lipinski definition) is 3. The van der Waals surface area contributed by atoms with Crippen LogP contribution in [0.15, 0.2) is 54.9 Å². The number of carbonyl (C=O) groups is 1. The van der Waals surface area contributed by atoms with E-state index in [1.54, 1.807) is 36.4 Å². The first-order chi connectivity index (χ1) is 12.2. The third-order valence-corrected chi connectivity index (χ3v) is 4.50. The molecule has 0 saturated heterocycles. The maximum absolute atomic E-state index is 13.9. The van der Waals surface area contributed by atoms with Crippen LogP contribution >= 0.6 is 11.6 Å². The van der Waals surface area contributed by atoms with E-state index in [1.807, 2.05) is 0 Å². The Morgan fingerprint density at radius 2 is 1.88 bits per heavy atom.